The van der Waals surface area contributed by atoms with Crippen LogP contribution < -0.4 is 0 Å². The summed E-state index contributed by atoms with van der Waals surface area (Å²) in [5.74, 6) is -4.56. The Labute approximate surface area is 197 Å². The van der Waals surface area contributed by atoms with Crippen LogP contribution in [0.1, 0.15) is 23.1 Å². The second-order valence-electron chi connectivity index (χ2n) is 8.19. The average Bonchev–Trinajstić information content (AvgIpc) is 2.82. The third-order valence-electron chi connectivity index (χ3n) is 5.95. The number of aliphatic carboxylic acids is 3. The number of hydrogen-bond donors (Lipinski definition) is 3. The topological polar surface area (TPSA) is 121 Å². The zero-order valence-corrected chi connectivity index (χ0v) is 18.5. The zero-order valence-electron chi connectivity index (χ0n) is 18.5. The molecule has 1 atom stereocenters. The number of hydrogen-bond acceptors (Lipinski definition) is 4. The van der Waals surface area contributed by atoms with Crippen molar-refractivity contribution in [2.45, 2.75) is 31.5 Å². The van der Waals surface area contributed by atoms with E-state index >= 15 is 0 Å². The lowest BCUT2D eigenvalue weighted by Crippen LogP contribution is -2.63. The number of benzene rings is 3. The summed E-state index contributed by atoms with van der Waals surface area (Å²) in [5.41, 5.74) is -2.99. The predicted octanol–water partition coefficient (Wildman–Crippen LogP) is 4.06. The van der Waals surface area contributed by atoms with E-state index in [1.165, 1.54) is 0 Å². The van der Waals surface area contributed by atoms with Crippen LogP contribution >= 0.6 is 0 Å². The average molecular weight is 462 g/mol. The molecule has 0 aromatic heterocycles. The van der Waals surface area contributed by atoms with Crippen molar-refractivity contribution in [1.29, 1.82) is 0 Å². The molecular weight excluding hydrogens is 436 g/mol. The Hall–Kier alpha value is -3.97. The fourth-order valence-corrected chi connectivity index (χ4v) is 4.25. The van der Waals surface area contributed by atoms with Crippen LogP contribution in [0.5, 0.6) is 0 Å². The molecule has 0 radical (unpaired) electrons. The lowest BCUT2D eigenvalue weighted by Gasteiger charge is -2.44. The van der Waals surface area contributed by atoms with Gasteiger partial charge in [-0.05, 0) is 29.5 Å². The highest BCUT2D eigenvalue weighted by atomic mass is 16.5. The normalized spacial score (nSPS) is 13.1. The van der Waals surface area contributed by atoms with Crippen molar-refractivity contribution in [3.05, 3.63) is 108 Å². The fraction of sp³-hybridized carbons (Fsp3) is 0.222. The summed E-state index contributed by atoms with van der Waals surface area (Å²) < 4.78 is 5.90. The molecule has 1 unspecified atom stereocenters. The Morgan fingerprint density at radius 3 is 1.38 bits per heavy atom. The minimum Gasteiger partial charge on any atom is -0.481 e. The second-order valence-corrected chi connectivity index (χ2v) is 8.19. The molecule has 0 amide bonds. The molecule has 176 valence electrons. The van der Waals surface area contributed by atoms with Gasteiger partial charge in [0, 0.05) is 0 Å². The Morgan fingerprint density at radius 1 is 0.618 bits per heavy atom. The molecule has 3 N–H and O–H groups in total. The van der Waals surface area contributed by atoms with Gasteiger partial charge in [-0.3, -0.25) is 9.59 Å². The minimum absolute atomic E-state index is 0.244. The highest BCUT2D eigenvalue weighted by molar-refractivity contribution is 5.93. The fourth-order valence-electron chi connectivity index (χ4n) is 4.25. The molecule has 7 nitrogen and oxygen atoms in total. The van der Waals surface area contributed by atoms with Crippen molar-refractivity contribution in [2.24, 2.45) is 5.41 Å². The summed E-state index contributed by atoms with van der Waals surface area (Å²) in [7, 11) is 0. The summed E-state index contributed by atoms with van der Waals surface area (Å²) in [4.78, 5) is 37.9. The number of ether oxygens (including phenoxy) is 1. The van der Waals surface area contributed by atoms with Crippen molar-refractivity contribution >= 4 is 17.9 Å². The van der Waals surface area contributed by atoms with Crippen molar-refractivity contribution in [3.63, 3.8) is 0 Å². The van der Waals surface area contributed by atoms with Gasteiger partial charge in [-0.1, -0.05) is 91.0 Å². The largest absolute Gasteiger partial charge is 0.481 e. The predicted molar refractivity (Wildman–Crippen MR) is 124 cm³/mol. The van der Waals surface area contributed by atoms with Crippen LogP contribution in [0.2, 0.25) is 0 Å². The first-order valence-corrected chi connectivity index (χ1v) is 10.7. The van der Waals surface area contributed by atoms with E-state index in [1.54, 1.807) is 91.0 Å². The van der Waals surface area contributed by atoms with E-state index < -0.39 is 35.3 Å². The summed E-state index contributed by atoms with van der Waals surface area (Å²) in [6.45, 7) is -0.265. The van der Waals surface area contributed by atoms with Crippen LogP contribution in [-0.2, 0) is 38.6 Å². The molecule has 0 saturated carbocycles. The lowest BCUT2D eigenvalue weighted by atomic mass is 9.63. The van der Waals surface area contributed by atoms with E-state index in [0.29, 0.717) is 16.7 Å². The van der Waals surface area contributed by atoms with Crippen LogP contribution in [0.25, 0.3) is 0 Å². The Balaban J connectivity index is 2.22. The monoisotopic (exact) mass is 462 g/mol. The first-order valence-electron chi connectivity index (χ1n) is 10.7. The van der Waals surface area contributed by atoms with Gasteiger partial charge in [0.15, 0.2) is 5.60 Å². The van der Waals surface area contributed by atoms with Gasteiger partial charge in [-0.25, -0.2) is 4.79 Å². The van der Waals surface area contributed by atoms with Gasteiger partial charge in [0.1, 0.15) is 5.41 Å². The number of rotatable bonds is 12. The maximum Gasteiger partial charge on any atom is 0.337 e. The van der Waals surface area contributed by atoms with Crippen molar-refractivity contribution in [1.82, 2.24) is 0 Å². The van der Waals surface area contributed by atoms with Gasteiger partial charge in [-0.2, -0.15) is 0 Å². The summed E-state index contributed by atoms with van der Waals surface area (Å²) in [5, 5.41) is 30.8. The maximum absolute atomic E-state index is 13.0. The number of carbonyl (C=O) groups is 3. The summed E-state index contributed by atoms with van der Waals surface area (Å²) >= 11 is 0. The quantitative estimate of drug-likeness (QED) is 0.371. The van der Waals surface area contributed by atoms with Gasteiger partial charge >= 0.3 is 17.9 Å². The lowest BCUT2D eigenvalue weighted by molar-refractivity contribution is -0.208. The molecule has 0 fully saturated rings. The van der Waals surface area contributed by atoms with E-state index in [0.717, 1.165) is 0 Å². The zero-order chi connectivity index (χ0) is 24.6. The van der Waals surface area contributed by atoms with Gasteiger partial charge < -0.3 is 20.1 Å². The van der Waals surface area contributed by atoms with Crippen LogP contribution in [0.15, 0.2) is 91.0 Å². The first kappa shape index (κ1) is 24.7. The molecule has 0 bridgehead atoms. The molecule has 0 aliphatic rings. The van der Waals surface area contributed by atoms with E-state index in [-0.39, 0.29) is 19.4 Å². The third kappa shape index (κ3) is 5.32. The van der Waals surface area contributed by atoms with E-state index in [2.05, 4.69) is 0 Å². The van der Waals surface area contributed by atoms with Gasteiger partial charge in [0.25, 0.3) is 0 Å². The first-order chi connectivity index (χ1) is 16.3. The molecule has 3 aromatic carbocycles. The van der Waals surface area contributed by atoms with Crippen molar-refractivity contribution < 1.29 is 34.4 Å². The highest BCUT2D eigenvalue weighted by Crippen LogP contribution is 2.45. The molecule has 3 aromatic rings. The van der Waals surface area contributed by atoms with Crippen LogP contribution in [0.3, 0.4) is 0 Å². The minimum atomic E-state index is -2.56. The maximum atomic E-state index is 13.0. The molecule has 34 heavy (non-hydrogen) atoms. The summed E-state index contributed by atoms with van der Waals surface area (Å²) in [6, 6.07) is 25.8. The van der Waals surface area contributed by atoms with Gasteiger partial charge in [0.05, 0.1) is 13.0 Å². The molecule has 0 aliphatic heterocycles. The molecule has 3 rings (SSSR count). The van der Waals surface area contributed by atoms with Crippen LogP contribution in [0, 0.1) is 5.41 Å². The highest BCUT2D eigenvalue weighted by Gasteiger charge is 2.63. The molecular formula is C27H26O7. The van der Waals surface area contributed by atoms with Crippen LogP contribution in [-0.4, -0.2) is 38.8 Å². The van der Waals surface area contributed by atoms with Crippen molar-refractivity contribution in [3.8, 4) is 0 Å². The Kier molecular flexibility index (Phi) is 7.81. The van der Waals surface area contributed by atoms with Crippen LogP contribution in [0.4, 0.5) is 0 Å². The Bertz CT molecular complexity index is 1070. The van der Waals surface area contributed by atoms with E-state index in [4.69, 9.17) is 4.74 Å². The molecule has 0 spiro atoms. The van der Waals surface area contributed by atoms with E-state index in [9.17, 15) is 29.7 Å². The number of carboxylic acid groups (broad SMARTS) is 3. The molecule has 0 heterocycles. The number of carboxylic acids is 3. The van der Waals surface area contributed by atoms with Gasteiger partial charge in [-0.15, -0.1) is 0 Å². The van der Waals surface area contributed by atoms with Gasteiger partial charge in [0.2, 0.25) is 0 Å². The molecule has 7 heteroatoms. The standard InChI is InChI=1S/C27H26O7/c28-23(29)18-27(25(32)33,34-19-22-14-8-3-9-15-22)26(24(30)31,16-20-10-4-1-5-11-20)17-21-12-6-2-7-13-21/h1-15H,16-19H2,(H,28,29)(H,30,31)(H,32,33). The summed E-state index contributed by atoms with van der Waals surface area (Å²) in [6.07, 6.45) is -1.51. The third-order valence-corrected chi connectivity index (χ3v) is 5.95. The van der Waals surface area contributed by atoms with Crippen molar-refractivity contribution in [2.75, 3.05) is 0 Å². The smallest absolute Gasteiger partial charge is 0.337 e. The SMILES string of the molecule is O=C(O)CC(OCc1ccccc1)(C(=O)O)C(Cc1ccccc1)(Cc1ccccc1)C(=O)O. The second kappa shape index (κ2) is 10.8. The Morgan fingerprint density at radius 2 is 1.03 bits per heavy atom. The van der Waals surface area contributed by atoms with E-state index in [1.807, 2.05) is 0 Å². The molecule has 0 aliphatic carbocycles. The molecule has 0 saturated heterocycles.